The maximum atomic E-state index is 11.8. The van der Waals surface area contributed by atoms with Gasteiger partial charge in [0, 0.05) is 36.0 Å². The van der Waals surface area contributed by atoms with Gasteiger partial charge >= 0.3 is 0 Å². The molecule has 0 aliphatic carbocycles. The molecule has 1 aromatic rings. The summed E-state index contributed by atoms with van der Waals surface area (Å²) in [6.45, 7) is 9.84. The molecule has 7 heteroatoms. The summed E-state index contributed by atoms with van der Waals surface area (Å²) in [6, 6.07) is 0.280. The predicted octanol–water partition coefficient (Wildman–Crippen LogP) is 2.65. The summed E-state index contributed by atoms with van der Waals surface area (Å²) in [5.74, 6) is 0.445. The van der Waals surface area contributed by atoms with E-state index < -0.39 is 10.0 Å². The first-order chi connectivity index (χ1) is 10.2. The van der Waals surface area contributed by atoms with Crippen LogP contribution in [0.3, 0.4) is 0 Å². The van der Waals surface area contributed by atoms with Crippen LogP contribution in [0.15, 0.2) is 0 Å². The quantitative estimate of drug-likeness (QED) is 0.861. The number of hydrogen-bond acceptors (Lipinski definition) is 5. The van der Waals surface area contributed by atoms with Crippen molar-refractivity contribution in [1.82, 2.24) is 14.6 Å². The summed E-state index contributed by atoms with van der Waals surface area (Å²) in [5.41, 5.74) is 1.08. The average molecular weight is 346 g/mol. The molecule has 1 aliphatic rings. The van der Waals surface area contributed by atoms with Gasteiger partial charge in [0.1, 0.15) is 0 Å². The van der Waals surface area contributed by atoms with Crippen LogP contribution in [0, 0.1) is 6.92 Å². The minimum Gasteiger partial charge on any atom is -0.308 e. The van der Waals surface area contributed by atoms with E-state index >= 15 is 0 Å². The molecule has 1 saturated heterocycles. The molecular weight excluding hydrogens is 318 g/mol. The first kappa shape index (κ1) is 17.8. The molecule has 5 nitrogen and oxygen atoms in total. The first-order valence-electron chi connectivity index (χ1n) is 7.87. The fourth-order valence-corrected chi connectivity index (χ4v) is 5.21. The van der Waals surface area contributed by atoms with Gasteiger partial charge in [-0.3, -0.25) is 0 Å². The summed E-state index contributed by atoms with van der Waals surface area (Å²) >= 11 is 1.76. The molecule has 22 heavy (non-hydrogen) atoms. The van der Waals surface area contributed by atoms with Crippen LogP contribution in [0.2, 0.25) is 0 Å². The van der Waals surface area contributed by atoms with Crippen molar-refractivity contribution >= 4 is 21.4 Å². The summed E-state index contributed by atoms with van der Waals surface area (Å²) in [4.78, 5) is 5.89. The number of hydrogen-bond donors (Lipinski definition) is 1. The van der Waals surface area contributed by atoms with Gasteiger partial charge in [0.15, 0.2) is 0 Å². The van der Waals surface area contributed by atoms with E-state index in [9.17, 15) is 8.42 Å². The molecule has 0 bridgehead atoms. The summed E-state index contributed by atoms with van der Waals surface area (Å²) < 4.78 is 25.2. The fourth-order valence-electron chi connectivity index (χ4n) is 2.93. The molecule has 0 saturated carbocycles. The molecule has 2 heterocycles. The summed E-state index contributed by atoms with van der Waals surface area (Å²) in [7, 11) is -3.10. The molecule has 0 radical (unpaired) electrons. The summed E-state index contributed by atoms with van der Waals surface area (Å²) in [5, 5.41) is 4.67. The second kappa shape index (κ2) is 6.95. The van der Waals surface area contributed by atoms with Crippen LogP contribution >= 0.6 is 11.3 Å². The topological polar surface area (TPSA) is 62.3 Å². The van der Waals surface area contributed by atoms with Gasteiger partial charge in [-0.1, -0.05) is 13.8 Å². The third-order valence-electron chi connectivity index (χ3n) is 4.14. The van der Waals surface area contributed by atoms with Gasteiger partial charge in [0.25, 0.3) is 0 Å². The van der Waals surface area contributed by atoms with Crippen molar-refractivity contribution in [3.63, 3.8) is 0 Å². The number of aromatic nitrogens is 1. The normalized spacial score (nSPS) is 21.6. The van der Waals surface area contributed by atoms with E-state index in [2.05, 4.69) is 31.1 Å². The van der Waals surface area contributed by atoms with Crippen LogP contribution in [0.5, 0.6) is 0 Å². The van der Waals surface area contributed by atoms with E-state index in [-0.39, 0.29) is 12.1 Å². The largest absolute Gasteiger partial charge is 0.308 e. The average Bonchev–Trinajstić information content (AvgIpc) is 3.01. The molecular formula is C15H27N3O2S2. The molecule has 1 unspecified atom stereocenters. The zero-order chi connectivity index (χ0) is 16.5. The first-order valence-corrected chi connectivity index (χ1v) is 10.5. The van der Waals surface area contributed by atoms with Crippen LogP contribution in [0.25, 0.3) is 0 Å². The maximum absolute atomic E-state index is 11.8. The lowest BCUT2D eigenvalue weighted by Gasteiger charge is -2.24. The Morgan fingerprint density at radius 1 is 1.41 bits per heavy atom. The van der Waals surface area contributed by atoms with Gasteiger partial charge < -0.3 is 5.32 Å². The number of nitrogens with zero attached hydrogens (tertiary/aromatic N) is 2. The number of rotatable bonds is 6. The summed E-state index contributed by atoms with van der Waals surface area (Å²) in [6.07, 6.45) is 3.19. The standard InChI is InChI=1S/C15H27N3O2S2/c1-10(2)15-17-12(4)14(21-15)11(3)16-9-13-7-6-8-18(13)22(5,19)20/h10-11,13,16H,6-9H2,1-5H3/t11?,13-/m1/s1. The Hall–Kier alpha value is -0.500. The Morgan fingerprint density at radius 2 is 2.09 bits per heavy atom. The molecule has 0 amide bonds. The van der Waals surface area contributed by atoms with Crippen molar-refractivity contribution in [2.75, 3.05) is 19.3 Å². The smallest absolute Gasteiger partial charge is 0.211 e. The lowest BCUT2D eigenvalue weighted by molar-refractivity contribution is 0.364. The highest BCUT2D eigenvalue weighted by molar-refractivity contribution is 7.88. The molecule has 1 aromatic heterocycles. The van der Waals surface area contributed by atoms with Crippen molar-refractivity contribution < 1.29 is 8.42 Å². The van der Waals surface area contributed by atoms with Gasteiger partial charge in [-0.15, -0.1) is 11.3 Å². The highest BCUT2D eigenvalue weighted by Gasteiger charge is 2.31. The van der Waals surface area contributed by atoms with Gasteiger partial charge in [0.2, 0.25) is 10.0 Å². The van der Waals surface area contributed by atoms with Gasteiger partial charge in [-0.25, -0.2) is 13.4 Å². The van der Waals surface area contributed by atoms with E-state index in [1.807, 2.05) is 6.92 Å². The van der Waals surface area contributed by atoms with Crippen molar-refractivity contribution in [3.8, 4) is 0 Å². The van der Waals surface area contributed by atoms with E-state index in [1.54, 1.807) is 15.6 Å². The lowest BCUT2D eigenvalue weighted by atomic mass is 10.2. The molecule has 2 rings (SSSR count). The van der Waals surface area contributed by atoms with Gasteiger partial charge in [0.05, 0.1) is 17.0 Å². The highest BCUT2D eigenvalue weighted by Crippen LogP contribution is 2.29. The Morgan fingerprint density at radius 3 is 2.64 bits per heavy atom. The Bertz CT molecular complexity index is 610. The molecule has 0 spiro atoms. The molecule has 1 N–H and O–H groups in total. The highest BCUT2D eigenvalue weighted by atomic mass is 32.2. The van der Waals surface area contributed by atoms with Crippen LogP contribution < -0.4 is 5.32 Å². The van der Waals surface area contributed by atoms with E-state index in [0.29, 0.717) is 19.0 Å². The molecule has 0 aromatic carbocycles. The monoisotopic (exact) mass is 345 g/mol. The molecule has 126 valence electrons. The third-order valence-corrected chi connectivity index (χ3v) is 7.12. The SMILES string of the molecule is Cc1nc(C(C)C)sc1C(C)NC[C@H]1CCCN1S(C)(=O)=O. The Labute approximate surface area is 138 Å². The minimum absolute atomic E-state index is 0.0789. The number of nitrogens with one attached hydrogen (secondary N) is 1. The third kappa shape index (κ3) is 4.07. The van der Waals surface area contributed by atoms with Crippen LogP contribution in [0.4, 0.5) is 0 Å². The predicted molar refractivity (Wildman–Crippen MR) is 91.9 cm³/mol. The van der Waals surface area contributed by atoms with Crippen molar-refractivity contribution in [1.29, 1.82) is 0 Å². The number of sulfonamides is 1. The zero-order valence-electron chi connectivity index (χ0n) is 14.1. The second-order valence-electron chi connectivity index (χ2n) is 6.46. The second-order valence-corrected chi connectivity index (χ2v) is 9.45. The van der Waals surface area contributed by atoms with Gasteiger partial charge in [-0.05, 0) is 26.7 Å². The number of thiazole rings is 1. The van der Waals surface area contributed by atoms with Crippen molar-refractivity contribution in [2.45, 2.75) is 58.5 Å². The fraction of sp³-hybridized carbons (Fsp3) is 0.800. The Kier molecular flexibility index (Phi) is 5.63. The Balaban J connectivity index is 1.99. The van der Waals surface area contributed by atoms with Crippen LogP contribution in [0.1, 0.15) is 61.2 Å². The lowest BCUT2D eigenvalue weighted by Crippen LogP contribution is -2.41. The van der Waals surface area contributed by atoms with Crippen molar-refractivity contribution in [3.05, 3.63) is 15.6 Å². The van der Waals surface area contributed by atoms with Gasteiger partial charge in [-0.2, -0.15) is 4.31 Å². The zero-order valence-corrected chi connectivity index (χ0v) is 15.7. The number of aryl methyl sites for hydroxylation is 1. The minimum atomic E-state index is -3.10. The van der Waals surface area contributed by atoms with Crippen molar-refractivity contribution in [2.24, 2.45) is 0 Å². The molecule has 2 atom stereocenters. The molecule has 1 fully saturated rings. The molecule has 1 aliphatic heterocycles. The van der Waals surface area contributed by atoms with E-state index in [4.69, 9.17) is 0 Å². The maximum Gasteiger partial charge on any atom is 0.211 e. The van der Waals surface area contributed by atoms with Crippen LogP contribution in [-0.4, -0.2) is 43.1 Å². The van der Waals surface area contributed by atoms with Crippen LogP contribution in [-0.2, 0) is 10.0 Å². The van der Waals surface area contributed by atoms with E-state index in [0.717, 1.165) is 18.5 Å². The van der Waals surface area contributed by atoms with E-state index in [1.165, 1.54) is 16.1 Å².